The molecule has 1 amide bonds. The van der Waals surface area contributed by atoms with E-state index in [1.807, 2.05) is 6.92 Å². The summed E-state index contributed by atoms with van der Waals surface area (Å²) in [6.45, 7) is 1.84. The van der Waals surface area contributed by atoms with Crippen LogP contribution in [0.2, 0.25) is 5.02 Å². The molecular formula is C16H12ClNO4. The zero-order valence-electron chi connectivity index (χ0n) is 11.6. The normalized spacial score (nSPS) is 16.6. The first kappa shape index (κ1) is 14.6. The molecule has 0 radical (unpaired) electrons. The minimum Gasteiger partial charge on any atom is -0.367 e. The lowest BCUT2D eigenvalue weighted by atomic mass is 10.1. The van der Waals surface area contributed by atoms with E-state index in [9.17, 15) is 14.7 Å². The molecular weight excluding hydrogens is 306 g/mol. The summed E-state index contributed by atoms with van der Waals surface area (Å²) in [5.41, 5.74) is 1.72. The molecule has 0 bridgehead atoms. The van der Waals surface area contributed by atoms with Crippen molar-refractivity contribution < 1.29 is 19.5 Å². The quantitative estimate of drug-likeness (QED) is 0.925. The second-order valence-corrected chi connectivity index (χ2v) is 5.36. The van der Waals surface area contributed by atoms with Gasteiger partial charge in [-0.05, 0) is 30.7 Å². The molecule has 112 valence electrons. The highest BCUT2D eigenvalue weighted by molar-refractivity contribution is 6.33. The molecule has 0 aliphatic carbocycles. The fourth-order valence-corrected chi connectivity index (χ4v) is 2.60. The molecule has 1 atom stereocenters. The maximum atomic E-state index is 12.2. The van der Waals surface area contributed by atoms with E-state index in [1.165, 1.54) is 6.07 Å². The molecule has 1 aliphatic rings. The molecule has 0 saturated carbocycles. The van der Waals surface area contributed by atoms with Gasteiger partial charge in [0.15, 0.2) is 6.23 Å². The van der Waals surface area contributed by atoms with Gasteiger partial charge in [0.05, 0.1) is 16.1 Å². The molecule has 6 heteroatoms. The number of carbonyl (C=O) groups is 2. The van der Waals surface area contributed by atoms with Crippen molar-refractivity contribution in [2.45, 2.75) is 13.2 Å². The number of rotatable bonds is 2. The van der Waals surface area contributed by atoms with Crippen LogP contribution in [0.4, 0.5) is 0 Å². The molecule has 2 aromatic carbocycles. The Bertz CT molecular complexity index is 774. The minimum absolute atomic E-state index is 0.128. The fraction of sp³-hybridized carbons (Fsp3) is 0.125. The first-order valence-electron chi connectivity index (χ1n) is 6.58. The van der Waals surface area contributed by atoms with Gasteiger partial charge in [-0.3, -0.25) is 4.79 Å². The van der Waals surface area contributed by atoms with Crippen LogP contribution in [-0.4, -0.2) is 22.0 Å². The van der Waals surface area contributed by atoms with Crippen molar-refractivity contribution in [1.82, 2.24) is 5.06 Å². The number of amides is 1. The second-order valence-electron chi connectivity index (χ2n) is 4.95. The second kappa shape index (κ2) is 5.44. The Morgan fingerprint density at radius 3 is 2.68 bits per heavy atom. The Hall–Kier alpha value is -2.37. The number of carbonyl (C=O) groups excluding carboxylic acids is 2. The highest BCUT2D eigenvalue weighted by Crippen LogP contribution is 2.32. The largest absolute Gasteiger partial charge is 0.367 e. The number of aliphatic hydroxyl groups is 1. The van der Waals surface area contributed by atoms with E-state index in [2.05, 4.69) is 0 Å². The molecule has 2 aromatic rings. The van der Waals surface area contributed by atoms with Gasteiger partial charge >= 0.3 is 5.97 Å². The molecule has 1 heterocycles. The summed E-state index contributed by atoms with van der Waals surface area (Å²) >= 11 is 6.00. The van der Waals surface area contributed by atoms with Crippen LogP contribution in [0.25, 0.3) is 0 Å². The third-order valence-corrected chi connectivity index (χ3v) is 3.73. The Kier molecular flexibility index (Phi) is 3.60. The number of nitrogens with zero attached hydrogens (tertiary/aromatic N) is 1. The molecule has 0 spiro atoms. The number of halogens is 1. The van der Waals surface area contributed by atoms with Crippen molar-refractivity contribution >= 4 is 23.5 Å². The zero-order valence-corrected chi connectivity index (χ0v) is 12.4. The van der Waals surface area contributed by atoms with Gasteiger partial charge < -0.3 is 9.94 Å². The van der Waals surface area contributed by atoms with Crippen molar-refractivity contribution in [3.63, 3.8) is 0 Å². The first-order chi connectivity index (χ1) is 10.5. The van der Waals surface area contributed by atoms with E-state index >= 15 is 0 Å². The number of hydrogen-bond donors (Lipinski definition) is 1. The van der Waals surface area contributed by atoms with E-state index in [1.54, 1.807) is 36.4 Å². The SMILES string of the molecule is Cc1ccc(C(=O)ON2C(=O)c3ccccc3C2O)c(Cl)c1. The lowest BCUT2D eigenvalue weighted by molar-refractivity contribution is -0.159. The van der Waals surface area contributed by atoms with Crippen molar-refractivity contribution in [3.05, 3.63) is 69.7 Å². The number of aliphatic hydroxyl groups excluding tert-OH is 1. The molecule has 1 N–H and O–H groups in total. The van der Waals surface area contributed by atoms with Crippen LogP contribution in [0.15, 0.2) is 42.5 Å². The summed E-state index contributed by atoms with van der Waals surface area (Å²) in [7, 11) is 0. The summed E-state index contributed by atoms with van der Waals surface area (Å²) in [5.74, 6) is -1.37. The average molecular weight is 318 g/mol. The zero-order chi connectivity index (χ0) is 15.9. The standard InChI is InChI=1S/C16H12ClNO4/c1-9-6-7-12(13(17)8-9)16(21)22-18-14(19)10-4-2-3-5-11(10)15(18)20/h2-8,14,19H,1H3. The lowest BCUT2D eigenvalue weighted by Crippen LogP contribution is -2.31. The summed E-state index contributed by atoms with van der Waals surface area (Å²) < 4.78 is 0. The highest BCUT2D eigenvalue weighted by atomic mass is 35.5. The van der Waals surface area contributed by atoms with Crippen LogP contribution in [-0.2, 0) is 4.84 Å². The van der Waals surface area contributed by atoms with Gasteiger partial charge in [0.1, 0.15) is 0 Å². The Morgan fingerprint density at radius 1 is 1.27 bits per heavy atom. The van der Waals surface area contributed by atoms with Crippen molar-refractivity contribution in [1.29, 1.82) is 0 Å². The van der Waals surface area contributed by atoms with Crippen LogP contribution in [0, 0.1) is 6.92 Å². The van der Waals surface area contributed by atoms with E-state index < -0.39 is 18.1 Å². The predicted molar refractivity (Wildman–Crippen MR) is 79.2 cm³/mol. The molecule has 3 rings (SSSR count). The van der Waals surface area contributed by atoms with Gasteiger partial charge in [-0.15, -0.1) is 5.06 Å². The first-order valence-corrected chi connectivity index (χ1v) is 6.96. The highest BCUT2D eigenvalue weighted by Gasteiger charge is 2.38. The monoisotopic (exact) mass is 317 g/mol. The van der Waals surface area contributed by atoms with E-state index in [0.717, 1.165) is 5.56 Å². The van der Waals surface area contributed by atoms with Crippen molar-refractivity contribution in [2.24, 2.45) is 0 Å². The molecule has 1 unspecified atom stereocenters. The molecule has 0 saturated heterocycles. The van der Waals surface area contributed by atoms with Gasteiger partial charge in [0.25, 0.3) is 5.91 Å². The average Bonchev–Trinajstić information content (AvgIpc) is 2.73. The smallest absolute Gasteiger partial charge is 0.364 e. The minimum atomic E-state index is -1.32. The van der Waals surface area contributed by atoms with Crippen molar-refractivity contribution in [3.8, 4) is 0 Å². The molecule has 0 aromatic heterocycles. The molecule has 1 aliphatic heterocycles. The Balaban J connectivity index is 1.85. The maximum absolute atomic E-state index is 12.2. The number of fused-ring (bicyclic) bond motifs is 1. The van der Waals surface area contributed by atoms with Crippen molar-refractivity contribution in [2.75, 3.05) is 0 Å². The van der Waals surface area contributed by atoms with E-state index in [0.29, 0.717) is 16.2 Å². The topological polar surface area (TPSA) is 66.8 Å². The van der Waals surface area contributed by atoms with Gasteiger partial charge in [0, 0.05) is 5.56 Å². The number of hydroxylamine groups is 2. The number of aryl methyl sites for hydroxylation is 1. The predicted octanol–water partition coefficient (Wildman–Crippen LogP) is 2.87. The van der Waals surface area contributed by atoms with Gasteiger partial charge in [-0.25, -0.2) is 4.79 Å². The molecule has 22 heavy (non-hydrogen) atoms. The molecule has 5 nitrogen and oxygen atoms in total. The molecule has 0 fully saturated rings. The van der Waals surface area contributed by atoms with Gasteiger partial charge in [-0.2, -0.15) is 0 Å². The van der Waals surface area contributed by atoms with Crippen LogP contribution in [0.3, 0.4) is 0 Å². The van der Waals surface area contributed by atoms with Gasteiger partial charge in [-0.1, -0.05) is 35.9 Å². The third kappa shape index (κ3) is 2.34. The number of hydrogen-bond acceptors (Lipinski definition) is 4. The summed E-state index contributed by atoms with van der Waals surface area (Å²) in [6.07, 6.45) is -1.32. The Labute approximate surface area is 131 Å². The maximum Gasteiger partial charge on any atom is 0.364 e. The lowest BCUT2D eigenvalue weighted by Gasteiger charge is -2.19. The Morgan fingerprint density at radius 2 is 2.00 bits per heavy atom. The summed E-state index contributed by atoms with van der Waals surface area (Å²) in [5, 5.41) is 11.0. The van der Waals surface area contributed by atoms with Crippen LogP contribution in [0.1, 0.15) is 38.1 Å². The van der Waals surface area contributed by atoms with Gasteiger partial charge in [0.2, 0.25) is 0 Å². The van der Waals surface area contributed by atoms with Crippen LogP contribution >= 0.6 is 11.6 Å². The third-order valence-electron chi connectivity index (χ3n) is 3.42. The fourth-order valence-electron chi connectivity index (χ4n) is 2.29. The number of benzene rings is 2. The van der Waals surface area contributed by atoms with E-state index in [-0.39, 0.29) is 10.6 Å². The summed E-state index contributed by atoms with van der Waals surface area (Å²) in [4.78, 5) is 29.4. The van der Waals surface area contributed by atoms with Crippen LogP contribution in [0.5, 0.6) is 0 Å². The summed E-state index contributed by atoms with van der Waals surface area (Å²) in [6, 6.07) is 11.4. The van der Waals surface area contributed by atoms with Crippen LogP contribution < -0.4 is 0 Å². The van der Waals surface area contributed by atoms with E-state index in [4.69, 9.17) is 16.4 Å².